The highest BCUT2D eigenvalue weighted by molar-refractivity contribution is 6.30. The second-order valence-corrected chi connectivity index (χ2v) is 6.90. The third-order valence-corrected chi connectivity index (χ3v) is 4.71. The van der Waals surface area contributed by atoms with Gasteiger partial charge in [-0.1, -0.05) is 11.6 Å². The molecule has 2 aromatic rings. The van der Waals surface area contributed by atoms with Crippen LogP contribution in [0.5, 0.6) is 5.75 Å². The molecule has 0 aliphatic carbocycles. The van der Waals surface area contributed by atoms with Crippen molar-refractivity contribution in [3.05, 3.63) is 59.1 Å². The average Bonchev–Trinajstić information content (AvgIpc) is 3.00. The molecule has 1 aliphatic heterocycles. The third-order valence-electron chi connectivity index (χ3n) is 4.46. The molecule has 1 fully saturated rings. The maximum absolute atomic E-state index is 12.6. The summed E-state index contributed by atoms with van der Waals surface area (Å²) in [6.45, 7) is 3.11. The Morgan fingerprint density at radius 3 is 2.45 bits per heavy atom. The smallest absolute Gasteiger partial charge is 0.251 e. The Kier molecular flexibility index (Phi) is 6.85. The van der Waals surface area contributed by atoms with Crippen molar-refractivity contribution in [1.82, 2.24) is 10.6 Å². The Bertz CT molecular complexity index is 884. The molecule has 152 valence electrons. The van der Waals surface area contributed by atoms with Gasteiger partial charge in [-0.25, -0.2) is 4.90 Å². The van der Waals surface area contributed by atoms with E-state index >= 15 is 0 Å². The van der Waals surface area contributed by atoms with Crippen LogP contribution in [0.3, 0.4) is 0 Å². The molecule has 8 heteroatoms. The predicted molar refractivity (Wildman–Crippen MR) is 110 cm³/mol. The molecule has 0 spiro atoms. The molecule has 3 rings (SSSR count). The van der Waals surface area contributed by atoms with Gasteiger partial charge in [-0.05, 0) is 55.5 Å². The van der Waals surface area contributed by atoms with E-state index in [1.807, 2.05) is 6.92 Å². The van der Waals surface area contributed by atoms with E-state index in [0.29, 0.717) is 41.7 Å². The number of carbonyl (C=O) groups excluding carboxylic acids is 3. The highest BCUT2D eigenvalue weighted by Gasteiger charge is 2.39. The molecule has 2 N–H and O–H groups in total. The Morgan fingerprint density at radius 1 is 1.10 bits per heavy atom. The van der Waals surface area contributed by atoms with Gasteiger partial charge in [-0.2, -0.15) is 0 Å². The number of ether oxygens (including phenoxy) is 1. The molecular weight excluding hydrogens is 394 g/mol. The predicted octanol–water partition coefficient (Wildman–Crippen LogP) is 2.39. The number of hydrogen-bond donors (Lipinski definition) is 2. The summed E-state index contributed by atoms with van der Waals surface area (Å²) in [7, 11) is 0. The second kappa shape index (κ2) is 9.54. The molecule has 0 unspecified atom stereocenters. The molecular formula is C21H22ClN3O4. The Labute approximate surface area is 174 Å². The van der Waals surface area contributed by atoms with Crippen LogP contribution in [0.1, 0.15) is 23.7 Å². The zero-order valence-electron chi connectivity index (χ0n) is 16.0. The summed E-state index contributed by atoms with van der Waals surface area (Å²) in [5.74, 6) is -0.111. The first-order valence-corrected chi connectivity index (χ1v) is 9.74. The van der Waals surface area contributed by atoms with Crippen molar-refractivity contribution in [1.29, 1.82) is 0 Å². The first-order valence-electron chi connectivity index (χ1n) is 9.36. The topological polar surface area (TPSA) is 87.7 Å². The summed E-state index contributed by atoms with van der Waals surface area (Å²) in [5.41, 5.74) is 1.02. The minimum absolute atomic E-state index is 0.0805. The molecule has 0 saturated carbocycles. The lowest BCUT2D eigenvalue weighted by atomic mass is 10.2. The van der Waals surface area contributed by atoms with Crippen molar-refractivity contribution < 1.29 is 19.1 Å². The number of halogens is 1. The standard InChI is InChI=1S/C21H22ClN3O4/c1-2-29-17-9-7-16(8-10-17)25-19(26)13-18(21(25)28)23-11-12-24-20(27)14-3-5-15(22)6-4-14/h3-10,18,23H,2,11-13H2,1H3,(H,24,27)/t18-/m0/s1. The SMILES string of the molecule is CCOc1ccc(N2C(=O)C[C@H](NCCNC(=O)c3ccc(Cl)cc3)C2=O)cc1. The molecule has 0 aromatic heterocycles. The molecule has 1 saturated heterocycles. The largest absolute Gasteiger partial charge is 0.494 e. The maximum atomic E-state index is 12.6. The van der Waals surface area contributed by atoms with Crippen molar-refractivity contribution in [2.75, 3.05) is 24.6 Å². The second-order valence-electron chi connectivity index (χ2n) is 6.47. The molecule has 1 atom stereocenters. The van der Waals surface area contributed by atoms with E-state index in [0.717, 1.165) is 0 Å². The van der Waals surface area contributed by atoms with E-state index in [1.54, 1.807) is 48.5 Å². The molecule has 0 radical (unpaired) electrons. The lowest BCUT2D eigenvalue weighted by Gasteiger charge is -2.16. The van der Waals surface area contributed by atoms with Gasteiger partial charge < -0.3 is 15.4 Å². The van der Waals surface area contributed by atoms with Gasteiger partial charge in [0.15, 0.2) is 0 Å². The van der Waals surface area contributed by atoms with Gasteiger partial charge in [-0.3, -0.25) is 14.4 Å². The number of nitrogens with one attached hydrogen (secondary N) is 2. The fourth-order valence-corrected chi connectivity index (χ4v) is 3.17. The number of amides is 3. The number of hydrogen-bond acceptors (Lipinski definition) is 5. The first-order chi connectivity index (χ1) is 14.0. The number of nitrogens with zero attached hydrogens (tertiary/aromatic N) is 1. The van der Waals surface area contributed by atoms with Crippen LogP contribution in [0.2, 0.25) is 5.02 Å². The van der Waals surface area contributed by atoms with Crippen molar-refractivity contribution in [3.8, 4) is 5.75 Å². The summed E-state index contributed by atoms with van der Waals surface area (Å²) < 4.78 is 5.38. The average molecular weight is 416 g/mol. The van der Waals surface area contributed by atoms with Crippen LogP contribution >= 0.6 is 11.6 Å². The summed E-state index contributed by atoms with van der Waals surface area (Å²) in [4.78, 5) is 38.2. The monoisotopic (exact) mass is 415 g/mol. The zero-order valence-corrected chi connectivity index (χ0v) is 16.7. The molecule has 0 bridgehead atoms. The van der Waals surface area contributed by atoms with Gasteiger partial charge in [0, 0.05) is 23.7 Å². The number of anilines is 1. The quantitative estimate of drug-likeness (QED) is 0.510. The number of rotatable bonds is 8. The van der Waals surface area contributed by atoms with Crippen molar-refractivity contribution >= 4 is 35.0 Å². The molecule has 2 aromatic carbocycles. The lowest BCUT2D eigenvalue weighted by molar-refractivity contribution is -0.121. The van der Waals surface area contributed by atoms with Crippen LogP contribution in [0.15, 0.2) is 48.5 Å². The summed E-state index contributed by atoms with van der Waals surface area (Å²) in [5, 5.41) is 6.36. The van der Waals surface area contributed by atoms with Gasteiger partial charge in [0.2, 0.25) is 5.91 Å². The number of carbonyl (C=O) groups is 3. The molecule has 29 heavy (non-hydrogen) atoms. The van der Waals surface area contributed by atoms with Crippen molar-refractivity contribution in [2.45, 2.75) is 19.4 Å². The van der Waals surface area contributed by atoms with E-state index in [9.17, 15) is 14.4 Å². The van der Waals surface area contributed by atoms with Crippen molar-refractivity contribution in [3.63, 3.8) is 0 Å². The van der Waals surface area contributed by atoms with Gasteiger partial charge in [-0.15, -0.1) is 0 Å². The van der Waals surface area contributed by atoms with Crippen LogP contribution < -0.4 is 20.3 Å². The Hall–Kier alpha value is -2.90. The van der Waals surface area contributed by atoms with Gasteiger partial charge in [0.25, 0.3) is 11.8 Å². The van der Waals surface area contributed by atoms with E-state index in [1.165, 1.54) is 4.90 Å². The van der Waals surface area contributed by atoms with Crippen LogP contribution in [-0.2, 0) is 9.59 Å². The Morgan fingerprint density at radius 2 is 1.79 bits per heavy atom. The normalized spacial score (nSPS) is 16.2. The summed E-state index contributed by atoms with van der Waals surface area (Å²) in [6.07, 6.45) is 0.0805. The van der Waals surface area contributed by atoms with Gasteiger partial charge >= 0.3 is 0 Å². The molecule has 1 aliphatic rings. The lowest BCUT2D eigenvalue weighted by Crippen LogP contribution is -2.42. The zero-order chi connectivity index (χ0) is 20.8. The van der Waals surface area contributed by atoms with Gasteiger partial charge in [0.05, 0.1) is 24.8 Å². The van der Waals surface area contributed by atoms with Crippen LogP contribution in [-0.4, -0.2) is 43.5 Å². The number of benzene rings is 2. The highest BCUT2D eigenvalue weighted by atomic mass is 35.5. The summed E-state index contributed by atoms with van der Waals surface area (Å²) >= 11 is 5.81. The van der Waals surface area contributed by atoms with E-state index in [-0.39, 0.29) is 24.1 Å². The molecule has 3 amide bonds. The highest BCUT2D eigenvalue weighted by Crippen LogP contribution is 2.25. The third kappa shape index (κ3) is 5.13. The van der Waals surface area contributed by atoms with E-state index in [2.05, 4.69) is 10.6 Å². The fourth-order valence-electron chi connectivity index (χ4n) is 3.05. The first kappa shape index (κ1) is 20.8. The molecule has 1 heterocycles. The Balaban J connectivity index is 1.49. The van der Waals surface area contributed by atoms with Crippen LogP contribution in [0.4, 0.5) is 5.69 Å². The minimum Gasteiger partial charge on any atom is -0.494 e. The van der Waals surface area contributed by atoms with Crippen LogP contribution in [0.25, 0.3) is 0 Å². The van der Waals surface area contributed by atoms with Crippen molar-refractivity contribution in [2.24, 2.45) is 0 Å². The van der Waals surface area contributed by atoms with Crippen LogP contribution in [0, 0.1) is 0 Å². The van der Waals surface area contributed by atoms with E-state index < -0.39 is 6.04 Å². The maximum Gasteiger partial charge on any atom is 0.251 e. The minimum atomic E-state index is -0.610. The summed E-state index contributed by atoms with van der Waals surface area (Å²) in [6, 6.07) is 12.8. The van der Waals surface area contributed by atoms with Gasteiger partial charge in [0.1, 0.15) is 5.75 Å². The fraction of sp³-hybridized carbons (Fsp3) is 0.286. The molecule has 7 nitrogen and oxygen atoms in total. The van der Waals surface area contributed by atoms with E-state index in [4.69, 9.17) is 16.3 Å². The number of imide groups is 1.